The Morgan fingerprint density at radius 1 is 1.12 bits per heavy atom. The topological polar surface area (TPSA) is 50.3 Å². The van der Waals surface area contributed by atoms with Crippen molar-refractivity contribution in [2.45, 2.75) is 18.4 Å². The van der Waals surface area contributed by atoms with Gasteiger partial charge in [0.2, 0.25) is 10.0 Å². The first-order valence-electron chi connectivity index (χ1n) is 7.44. The van der Waals surface area contributed by atoms with E-state index < -0.39 is 10.0 Å². The lowest BCUT2D eigenvalue weighted by Gasteiger charge is -2.18. The van der Waals surface area contributed by atoms with Crippen LogP contribution in [-0.4, -0.2) is 24.8 Å². The minimum absolute atomic E-state index is 0.219. The summed E-state index contributed by atoms with van der Waals surface area (Å²) in [6, 6.07) is 14.3. The number of rotatable bonds is 4. The van der Waals surface area contributed by atoms with E-state index in [0.717, 1.165) is 16.5 Å². The van der Waals surface area contributed by atoms with Crippen LogP contribution in [0.2, 0.25) is 5.02 Å². The lowest BCUT2D eigenvalue weighted by molar-refractivity contribution is 0.467. The molecule has 0 fully saturated rings. The quantitative estimate of drug-likeness (QED) is 0.706. The number of halogens is 1. The van der Waals surface area contributed by atoms with E-state index in [1.807, 2.05) is 31.2 Å². The monoisotopic (exact) mass is 360 g/mol. The van der Waals surface area contributed by atoms with Crippen LogP contribution in [-0.2, 0) is 16.6 Å². The van der Waals surface area contributed by atoms with Crippen molar-refractivity contribution in [2.24, 2.45) is 0 Å². The minimum atomic E-state index is -3.65. The molecule has 1 aromatic heterocycles. The molecule has 124 valence electrons. The van der Waals surface area contributed by atoms with E-state index in [1.54, 1.807) is 37.5 Å². The van der Waals surface area contributed by atoms with Gasteiger partial charge in [-0.05, 0) is 42.3 Å². The Morgan fingerprint density at radius 2 is 1.83 bits per heavy atom. The van der Waals surface area contributed by atoms with E-state index in [2.05, 4.69) is 4.98 Å². The fraction of sp³-hybridized carbons (Fsp3) is 0.167. The highest BCUT2D eigenvalue weighted by Gasteiger charge is 2.23. The number of sulfonamides is 1. The first-order chi connectivity index (χ1) is 11.4. The Hall–Kier alpha value is -1.95. The Labute approximate surface area is 146 Å². The number of hydrogen-bond donors (Lipinski definition) is 0. The van der Waals surface area contributed by atoms with Crippen LogP contribution in [0.5, 0.6) is 0 Å². The Morgan fingerprint density at radius 3 is 2.54 bits per heavy atom. The van der Waals surface area contributed by atoms with E-state index >= 15 is 0 Å². The van der Waals surface area contributed by atoms with E-state index in [9.17, 15) is 8.42 Å². The molecule has 0 amide bonds. The summed E-state index contributed by atoms with van der Waals surface area (Å²) < 4.78 is 27.3. The average Bonchev–Trinajstić information content (AvgIpc) is 2.56. The highest BCUT2D eigenvalue weighted by molar-refractivity contribution is 7.89. The van der Waals surface area contributed by atoms with Gasteiger partial charge < -0.3 is 0 Å². The molecule has 6 heteroatoms. The van der Waals surface area contributed by atoms with Gasteiger partial charge in [-0.1, -0.05) is 35.9 Å². The Bertz CT molecular complexity index is 986. The molecular weight excluding hydrogens is 344 g/mol. The van der Waals surface area contributed by atoms with Crippen molar-refractivity contribution in [3.05, 3.63) is 70.9 Å². The maximum absolute atomic E-state index is 13.0. The fourth-order valence-corrected chi connectivity index (χ4v) is 4.00. The van der Waals surface area contributed by atoms with Crippen LogP contribution in [0.3, 0.4) is 0 Å². The van der Waals surface area contributed by atoms with Crippen molar-refractivity contribution in [2.75, 3.05) is 7.05 Å². The van der Waals surface area contributed by atoms with Crippen LogP contribution in [0.15, 0.2) is 59.6 Å². The molecule has 1 heterocycles. The number of pyridine rings is 1. The number of benzene rings is 2. The third-order valence-electron chi connectivity index (χ3n) is 3.82. The zero-order chi connectivity index (χ0) is 17.3. The average molecular weight is 361 g/mol. The first kappa shape index (κ1) is 16.9. The van der Waals surface area contributed by atoms with Crippen LogP contribution in [0, 0.1) is 6.92 Å². The van der Waals surface area contributed by atoms with Crippen molar-refractivity contribution in [1.82, 2.24) is 9.29 Å². The lowest BCUT2D eigenvalue weighted by Crippen LogP contribution is -2.26. The first-order valence-corrected chi connectivity index (χ1v) is 9.26. The highest BCUT2D eigenvalue weighted by atomic mass is 35.5. The number of hydrogen-bond acceptors (Lipinski definition) is 3. The predicted molar refractivity (Wildman–Crippen MR) is 96.6 cm³/mol. The third-order valence-corrected chi connectivity index (χ3v) is 5.90. The number of aryl methyl sites for hydroxylation is 1. The summed E-state index contributed by atoms with van der Waals surface area (Å²) in [4.78, 5) is 4.54. The van der Waals surface area contributed by atoms with Gasteiger partial charge in [0, 0.05) is 30.2 Å². The summed E-state index contributed by atoms with van der Waals surface area (Å²) >= 11 is 5.87. The molecule has 0 spiro atoms. The van der Waals surface area contributed by atoms with Crippen molar-refractivity contribution in [3.63, 3.8) is 0 Å². The van der Waals surface area contributed by atoms with Crippen LogP contribution in [0.25, 0.3) is 10.9 Å². The lowest BCUT2D eigenvalue weighted by atomic mass is 10.2. The van der Waals surface area contributed by atoms with Crippen molar-refractivity contribution < 1.29 is 8.42 Å². The van der Waals surface area contributed by atoms with E-state index in [0.29, 0.717) is 10.5 Å². The molecule has 0 aliphatic rings. The molecule has 0 aliphatic heterocycles. The molecular formula is C18H17ClN2O2S. The highest BCUT2D eigenvalue weighted by Crippen LogP contribution is 2.25. The summed E-state index contributed by atoms with van der Waals surface area (Å²) in [7, 11) is -2.08. The number of fused-ring (bicyclic) bond motifs is 1. The summed E-state index contributed by atoms with van der Waals surface area (Å²) in [6.07, 6.45) is 1.68. The second kappa shape index (κ2) is 6.51. The third kappa shape index (κ3) is 3.29. The van der Waals surface area contributed by atoms with Gasteiger partial charge in [0.1, 0.15) is 4.90 Å². The zero-order valence-electron chi connectivity index (χ0n) is 13.4. The normalized spacial score (nSPS) is 12.0. The molecule has 4 nitrogen and oxygen atoms in total. The smallest absolute Gasteiger partial charge is 0.245 e. The van der Waals surface area contributed by atoms with E-state index in [4.69, 9.17) is 11.6 Å². The molecule has 0 radical (unpaired) electrons. The number of aromatic nitrogens is 1. The van der Waals surface area contributed by atoms with Crippen molar-refractivity contribution in [3.8, 4) is 0 Å². The van der Waals surface area contributed by atoms with Crippen molar-refractivity contribution >= 4 is 32.5 Å². The molecule has 2 aromatic carbocycles. The van der Waals surface area contributed by atoms with Crippen molar-refractivity contribution in [1.29, 1.82) is 0 Å². The van der Waals surface area contributed by atoms with Gasteiger partial charge in [0.25, 0.3) is 0 Å². The Kier molecular flexibility index (Phi) is 4.58. The Balaban J connectivity index is 1.99. The van der Waals surface area contributed by atoms with Gasteiger partial charge in [0.05, 0.1) is 5.52 Å². The fourth-order valence-electron chi connectivity index (χ4n) is 2.55. The summed E-state index contributed by atoms with van der Waals surface area (Å²) in [5.41, 5.74) is 2.35. The van der Waals surface area contributed by atoms with Gasteiger partial charge in [-0.3, -0.25) is 4.98 Å². The minimum Gasteiger partial charge on any atom is -0.255 e. The maximum Gasteiger partial charge on any atom is 0.245 e. The van der Waals surface area contributed by atoms with Crippen LogP contribution in [0.1, 0.15) is 11.1 Å². The molecule has 0 unspecified atom stereocenters. The summed E-state index contributed by atoms with van der Waals surface area (Å²) in [5, 5.41) is 1.44. The number of nitrogens with zero attached hydrogens (tertiary/aromatic N) is 2. The second-order valence-corrected chi connectivity index (χ2v) is 8.18. The molecule has 3 rings (SSSR count). The molecule has 24 heavy (non-hydrogen) atoms. The van der Waals surface area contributed by atoms with Gasteiger partial charge in [0.15, 0.2) is 0 Å². The van der Waals surface area contributed by atoms with Crippen LogP contribution >= 0.6 is 11.6 Å². The number of para-hydroxylation sites is 1. The molecule has 0 N–H and O–H groups in total. The molecule has 0 atom stereocenters. The van der Waals surface area contributed by atoms with E-state index in [-0.39, 0.29) is 11.4 Å². The van der Waals surface area contributed by atoms with Gasteiger partial charge in [-0.25, -0.2) is 8.42 Å². The summed E-state index contributed by atoms with van der Waals surface area (Å²) in [5.74, 6) is 0. The SMILES string of the molecule is Cc1cnc2c(S(=O)(=O)N(C)Cc3ccc(Cl)cc3)cccc2c1. The second-order valence-electron chi connectivity index (χ2n) is 5.73. The largest absolute Gasteiger partial charge is 0.255 e. The zero-order valence-corrected chi connectivity index (χ0v) is 15.0. The van der Waals surface area contributed by atoms with Gasteiger partial charge in [-0.2, -0.15) is 4.31 Å². The van der Waals surface area contributed by atoms with Crippen LogP contribution < -0.4 is 0 Å². The van der Waals surface area contributed by atoms with Gasteiger partial charge in [-0.15, -0.1) is 0 Å². The maximum atomic E-state index is 13.0. The van der Waals surface area contributed by atoms with Crippen LogP contribution in [0.4, 0.5) is 0 Å². The molecule has 0 bridgehead atoms. The molecule has 3 aromatic rings. The molecule has 0 aliphatic carbocycles. The molecule has 0 saturated heterocycles. The molecule has 0 saturated carbocycles. The predicted octanol–water partition coefficient (Wildman–Crippen LogP) is 4.02. The standard InChI is InChI=1S/C18H17ClN2O2S/c1-13-10-15-4-3-5-17(18(15)20-11-13)24(22,23)21(2)12-14-6-8-16(19)9-7-14/h3-11H,12H2,1-2H3. The van der Waals surface area contributed by atoms with Gasteiger partial charge >= 0.3 is 0 Å². The van der Waals surface area contributed by atoms with E-state index in [1.165, 1.54) is 4.31 Å². The summed E-state index contributed by atoms with van der Waals surface area (Å²) in [6.45, 7) is 2.20.